The molecule has 2 nitrogen and oxygen atoms in total. The minimum Gasteiger partial charge on any atom is -0.375 e. The minimum absolute atomic E-state index is 0.364. The number of morpholine rings is 1. The van der Waals surface area contributed by atoms with E-state index in [9.17, 15) is 0 Å². The summed E-state index contributed by atoms with van der Waals surface area (Å²) in [5.41, 5.74) is 1.35. The maximum atomic E-state index is 6.13. The third-order valence-corrected chi connectivity index (χ3v) is 4.49. The first-order valence-electron chi connectivity index (χ1n) is 7.16. The van der Waals surface area contributed by atoms with Crippen LogP contribution in [0.1, 0.15) is 38.3 Å². The van der Waals surface area contributed by atoms with Crippen molar-refractivity contribution in [2.24, 2.45) is 11.8 Å². The topological polar surface area (TPSA) is 21.3 Å². The number of nitrogens with one attached hydrogen (secondary N) is 1. The molecule has 5 unspecified atom stereocenters. The molecule has 2 heteroatoms. The van der Waals surface area contributed by atoms with Gasteiger partial charge in [-0.1, -0.05) is 44.2 Å². The van der Waals surface area contributed by atoms with Crippen LogP contribution in [0.2, 0.25) is 0 Å². The fraction of sp³-hybridized carbons (Fsp3) is 0.625. The van der Waals surface area contributed by atoms with Crippen molar-refractivity contribution in [1.29, 1.82) is 0 Å². The van der Waals surface area contributed by atoms with E-state index in [4.69, 9.17) is 4.74 Å². The van der Waals surface area contributed by atoms with Crippen molar-refractivity contribution in [2.45, 2.75) is 44.9 Å². The van der Waals surface area contributed by atoms with Crippen LogP contribution < -0.4 is 5.32 Å². The highest BCUT2D eigenvalue weighted by molar-refractivity contribution is 5.20. The van der Waals surface area contributed by atoms with Crippen LogP contribution >= 0.6 is 0 Å². The van der Waals surface area contributed by atoms with Crippen molar-refractivity contribution in [1.82, 2.24) is 5.32 Å². The molecule has 2 aliphatic rings. The second-order valence-electron chi connectivity index (χ2n) is 6.08. The van der Waals surface area contributed by atoms with Crippen LogP contribution in [0.3, 0.4) is 0 Å². The first-order chi connectivity index (χ1) is 8.74. The minimum atomic E-state index is 0.364. The lowest BCUT2D eigenvalue weighted by Gasteiger charge is -2.45. The van der Waals surface area contributed by atoms with Crippen molar-refractivity contribution >= 4 is 0 Å². The zero-order valence-corrected chi connectivity index (χ0v) is 11.3. The molecule has 0 amide bonds. The highest BCUT2D eigenvalue weighted by atomic mass is 16.5. The summed E-state index contributed by atoms with van der Waals surface area (Å²) in [7, 11) is 0. The first kappa shape index (κ1) is 12.2. The molecule has 0 spiro atoms. The average Bonchev–Trinajstić information content (AvgIpc) is 2.39. The highest BCUT2D eigenvalue weighted by Gasteiger charge is 2.39. The van der Waals surface area contributed by atoms with Crippen LogP contribution in [0.25, 0.3) is 0 Å². The van der Waals surface area contributed by atoms with Crippen LogP contribution in [0, 0.1) is 11.8 Å². The molecular weight excluding hydrogens is 222 g/mol. The summed E-state index contributed by atoms with van der Waals surface area (Å²) in [5, 5.41) is 3.82. The van der Waals surface area contributed by atoms with Crippen molar-refractivity contribution < 1.29 is 4.74 Å². The van der Waals surface area contributed by atoms with E-state index >= 15 is 0 Å². The quantitative estimate of drug-likeness (QED) is 0.820. The van der Waals surface area contributed by atoms with E-state index in [2.05, 4.69) is 49.5 Å². The molecule has 0 aromatic heterocycles. The molecule has 1 saturated carbocycles. The van der Waals surface area contributed by atoms with Crippen molar-refractivity contribution in [2.75, 3.05) is 6.61 Å². The number of benzene rings is 1. The van der Waals surface area contributed by atoms with Crippen LogP contribution in [-0.2, 0) is 4.74 Å². The summed E-state index contributed by atoms with van der Waals surface area (Å²) in [6, 6.07) is 11.6. The normalized spacial score (nSPS) is 40.2. The Morgan fingerprint density at radius 2 is 1.89 bits per heavy atom. The van der Waals surface area contributed by atoms with Gasteiger partial charge >= 0.3 is 0 Å². The second-order valence-corrected chi connectivity index (χ2v) is 6.08. The van der Waals surface area contributed by atoms with Gasteiger partial charge in [0.05, 0.1) is 18.8 Å². The Morgan fingerprint density at radius 3 is 2.67 bits per heavy atom. The average molecular weight is 245 g/mol. The molecule has 1 aromatic rings. The molecule has 2 fully saturated rings. The number of fused-ring (bicyclic) bond motifs is 1. The molecule has 3 rings (SSSR count). The number of hydrogen-bond acceptors (Lipinski definition) is 2. The van der Waals surface area contributed by atoms with Gasteiger partial charge in [0, 0.05) is 6.04 Å². The zero-order valence-electron chi connectivity index (χ0n) is 11.3. The Bertz CT molecular complexity index is 391. The standard InChI is InChI=1S/C16H23NO/c1-11-8-12(2)16-15(9-11)18-10-14(17-16)13-6-4-3-5-7-13/h3-7,11-12,14-17H,8-10H2,1-2H3. The van der Waals surface area contributed by atoms with Gasteiger partial charge in [0.15, 0.2) is 0 Å². The predicted octanol–water partition coefficient (Wildman–Crippen LogP) is 3.15. The van der Waals surface area contributed by atoms with E-state index in [0.717, 1.165) is 12.5 Å². The third kappa shape index (κ3) is 2.32. The zero-order chi connectivity index (χ0) is 12.5. The van der Waals surface area contributed by atoms with Crippen LogP contribution in [-0.4, -0.2) is 18.8 Å². The summed E-state index contributed by atoms with van der Waals surface area (Å²) in [5.74, 6) is 1.52. The molecular formula is C16H23NO. The molecule has 0 bridgehead atoms. The monoisotopic (exact) mass is 245 g/mol. The van der Waals surface area contributed by atoms with Crippen LogP contribution in [0.5, 0.6) is 0 Å². The van der Waals surface area contributed by atoms with E-state index in [-0.39, 0.29) is 0 Å². The summed E-state index contributed by atoms with van der Waals surface area (Å²) in [6.45, 7) is 5.51. The van der Waals surface area contributed by atoms with Crippen LogP contribution in [0.15, 0.2) is 30.3 Å². The molecule has 1 N–H and O–H groups in total. The van der Waals surface area contributed by atoms with Gasteiger partial charge in [-0.05, 0) is 30.2 Å². The first-order valence-corrected chi connectivity index (χ1v) is 7.16. The van der Waals surface area contributed by atoms with Gasteiger partial charge in [-0.25, -0.2) is 0 Å². The molecule has 5 atom stereocenters. The lowest BCUT2D eigenvalue weighted by atomic mass is 9.76. The van der Waals surface area contributed by atoms with Gasteiger partial charge in [0.25, 0.3) is 0 Å². The Hall–Kier alpha value is -0.860. The summed E-state index contributed by atoms with van der Waals surface area (Å²) >= 11 is 0. The van der Waals surface area contributed by atoms with Gasteiger partial charge in [0.2, 0.25) is 0 Å². The molecule has 0 radical (unpaired) electrons. The Balaban J connectivity index is 1.73. The molecule has 1 aromatic carbocycles. The Labute approximate surface area is 110 Å². The smallest absolute Gasteiger partial charge is 0.0734 e. The van der Waals surface area contributed by atoms with Crippen molar-refractivity contribution in [3.05, 3.63) is 35.9 Å². The summed E-state index contributed by atoms with van der Waals surface area (Å²) < 4.78 is 6.13. The van der Waals surface area contributed by atoms with E-state index in [1.165, 1.54) is 18.4 Å². The van der Waals surface area contributed by atoms with Gasteiger partial charge in [-0.3, -0.25) is 0 Å². The van der Waals surface area contributed by atoms with E-state index in [1.807, 2.05) is 0 Å². The van der Waals surface area contributed by atoms with Gasteiger partial charge in [-0.2, -0.15) is 0 Å². The lowest BCUT2D eigenvalue weighted by Crippen LogP contribution is -2.56. The van der Waals surface area contributed by atoms with E-state index in [0.29, 0.717) is 24.1 Å². The molecule has 1 heterocycles. The molecule has 1 saturated heterocycles. The maximum Gasteiger partial charge on any atom is 0.0734 e. The lowest BCUT2D eigenvalue weighted by molar-refractivity contribution is -0.0728. The van der Waals surface area contributed by atoms with Gasteiger partial charge in [0.1, 0.15) is 0 Å². The number of ether oxygens (including phenoxy) is 1. The van der Waals surface area contributed by atoms with Gasteiger partial charge < -0.3 is 10.1 Å². The summed E-state index contributed by atoms with van der Waals surface area (Å²) in [4.78, 5) is 0. The predicted molar refractivity (Wildman–Crippen MR) is 73.4 cm³/mol. The maximum absolute atomic E-state index is 6.13. The Morgan fingerprint density at radius 1 is 1.11 bits per heavy atom. The largest absolute Gasteiger partial charge is 0.375 e. The molecule has 98 valence electrons. The Kier molecular flexibility index (Phi) is 3.40. The van der Waals surface area contributed by atoms with Crippen LogP contribution in [0.4, 0.5) is 0 Å². The molecule has 1 aliphatic heterocycles. The number of hydrogen-bond donors (Lipinski definition) is 1. The molecule has 1 aliphatic carbocycles. The third-order valence-electron chi connectivity index (χ3n) is 4.49. The highest BCUT2D eigenvalue weighted by Crippen LogP contribution is 2.35. The number of rotatable bonds is 1. The fourth-order valence-electron chi connectivity index (χ4n) is 3.61. The SMILES string of the molecule is CC1CC(C)C2NC(c3ccccc3)COC2C1. The fourth-order valence-corrected chi connectivity index (χ4v) is 3.61. The van der Waals surface area contributed by atoms with Crippen molar-refractivity contribution in [3.8, 4) is 0 Å². The molecule has 18 heavy (non-hydrogen) atoms. The second kappa shape index (κ2) is 5.02. The summed E-state index contributed by atoms with van der Waals surface area (Å²) in [6.07, 6.45) is 2.95. The van der Waals surface area contributed by atoms with E-state index in [1.54, 1.807) is 0 Å². The van der Waals surface area contributed by atoms with E-state index < -0.39 is 0 Å². The van der Waals surface area contributed by atoms with Gasteiger partial charge in [-0.15, -0.1) is 0 Å². The van der Waals surface area contributed by atoms with Crippen molar-refractivity contribution in [3.63, 3.8) is 0 Å².